The Morgan fingerprint density at radius 3 is 2.48 bits per heavy atom. The number of aromatic nitrogens is 2. The highest BCUT2D eigenvalue weighted by molar-refractivity contribution is 7.92. The van der Waals surface area contributed by atoms with Crippen molar-refractivity contribution in [2.75, 3.05) is 17.9 Å². The van der Waals surface area contributed by atoms with E-state index in [9.17, 15) is 13.2 Å². The van der Waals surface area contributed by atoms with E-state index in [-0.39, 0.29) is 10.8 Å². The fraction of sp³-hybridized carbons (Fsp3) is 0.167. The highest BCUT2D eigenvalue weighted by Gasteiger charge is 2.15. The average molecular weight is 465 g/mol. The second-order valence-electron chi connectivity index (χ2n) is 7.29. The zero-order valence-corrected chi connectivity index (χ0v) is 18.9. The van der Waals surface area contributed by atoms with Crippen molar-refractivity contribution >= 4 is 27.3 Å². The predicted molar refractivity (Wildman–Crippen MR) is 126 cm³/mol. The molecule has 0 bridgehead atoms. The average Bonchev–Trinajstić information content (AvgIpc) is 3.23. The summed E-state index contributed by atoms with van der Waals surface area (Å²) in [6.45, 7) is 2.83. The molecule has 0 unspecified atom stereocenters. The Morgan fingerprint density at radius 2 is 1.79 bits per heavy atom. The number of sulfonamides is 1. The number of nitrogens with zero attached hydrogens (tertiary/aromatic N) is 2. The van der Waals surface area contributed by atoms with Gasteiger partial charge in [-0.3, -0.25) is 9.52 Å². The number of rotatable bonds is 9. The smallest absolute Gasteiger partial charge is 0.261 e. The van der Waals surface area contributed by atoms with Crippen LogP contribution >= 0.6 is 0 Å². The molecule has 2 N–H and O–H groups in total. The number of fused-ring (bicyclic) bond motifs is 1. The van der Waals surface area contributed by atoms with E-state index in [1.54, 1.807) is 24.3 Å². The van der Waals surface area contributed by atoms with Crippen molar-refractivity contribution in [3.05, 3.63) is 90.4 Å². The lowest BCUT2D eigenvalue weighted by Gasteiger charge is -2.10. The van der Waals surface area contributed by atoms with E-state index in [1.807, 2.05) is 41.9 Å². The fourth-order valence-corrected chi connectivity index (χ4v) is 4.36. The number of benzene rings is 2. The molecule has 4 rings (SSSR count). The van der Waals surface area contributed by atoms with Gasteiger partial charge in [0.15, 0.2) is 0 Å². The Labute approximate surface area is 192 Å². The van der Waals surface area contributed by atoms with Crippen LogP contribution in [0.3, 0.4) is 0 Å². The van der Waals surface area contributed by atoms with Gasteiger partial charge >= 0.3 is 0 Å². The fourth-order valence-electron chi connectivity index (χ4n) is 3.30. The molecule has 9 heteroatoms. The van der Waals surface area contributed by atoms with E-state index in [4.69, 9.17) is 4.74 Å². The number of pyridine rings is 1. The largest absolute Gasteiger partial charge is 0.494 e. The second-order valence-corrected chi connectivity index (χ2v) is 8.97. The first-order valence-corrected chi connectivity index (χ1v) is 12.0. The standard InChI is InChI=1S/C24H24N4O4S/c1-2-32-21-10-8-19(9-11-21)27-33(30,31)22-12-6-18(7-13-22)24(29)25-15-14-20-17-28-16-4-3-5-23(28)26-20/h3-13,16-17,27H,2,14-15H2,1H3,(H,25,29). The molecule has 2 aromatic carbocycles. The number of imidazole rings is 1. The van der Waals surface area contributed by atoms with Crippen LogP contribution in [0.2, 0.25) is 0 Å². The number of anilines is 1. The number of hydrogen-bond acceptors (Lipinski definition) is 5. The van der Waals surface area contributed by atoms with Crippen molar-refractivity contribution < 1.29 is 17.9 Å². The highest BCUT2D eigenvalue weighted by Crippen LogP contribution is 2.20. The molecule has 8 nitrogen and oxygen atoms in total. The van der Waals surface area contributed by atoms with Gasteiger partial charge in [0.2, 0.25) is 0 Å². The molecule has 0 aliphatic carbocycles. The number of carbonyl (C=O) groups is 1. The van der Waals surface area contributed by atoms with Crippen LogP contribution in [-0.4, -0.2) is 36.9 Å². The SMILES string of the molecule is CCOc1ccc(NS(=O)(=O)c2ccc(C(=O)NCCc3cn4ccccc4n3)cc2)cc1. The van der Waals surface area contributed by atoms with Gasteiger partial charge in [0.1, 0.15) is 11.4 Å². The summed E-state index contributed by atoms with van der Waals surface area (Å²) in [6.07, 6.45) is 4.44. The number of hydrogen-bond donors (Lipinski definition) is 2. The lowest BCUT2D eigenvalue weighted by molar-refractivity contribution is 0.0954. The van der Waals surface area contributed by atoms with Gasteiger partial charge < -0.3 is 14.5 Å². The van der Waals surface area contributed by atoms with Crippen LogP contribution in [-0.2, 0) is 16.4 Å². The first-order chi connectivity index (χ1) is 15.9. The number of nitrogens with one attached hydrogen (secondary N) is 2. The summed E-state index contributed by atoms with van der Waals surface area (Å²) < 4.78 is 35.1. The Kier molecular flexibility index (Phi) is 6.60. The van der Waals surface area contributed by atoms with E-state index in [1.165, 1.54) is 24.3 Å². The van der Waals surface area contributed by atoms with Crippen molar-refractivity contribution in [3.63, 3.8) is 0 Å². The van der Waals surface area contributed by atoms with Gasteiger partial charge in [-0.15, -0.1) is 0 Å². The van der Waals surface area contributed by atoms with E-state index < -0.39 is 10.0 Å². The van der Waals surface area contributed by atoms with E-state index in [0.29, 0.717) is 36.6 Å². The Balaban J connectivity index is 1.33. The molecule has 0 atom stereocenters. The molecule has 0 spiro atoms. The topological polar surface area (TPSA) is 102 Å². The lowest BCUT2D eigenvalue weighted by Crippen LogP contribution is -2.25. The van der Waals surface area contributed by atoms with E-state index in [0.717, 1.165) is 11.3 Å². The number of amides is 1. The first kappa shape index (κ1) is 22.3. The molecule has 170 valence electrons. The van der Waals surface area contributed by atoms with Crippen LogP contribution < -0.4 is 14.8 Å². The summed E-state index contributed by atoms with van der Waals surface area (Å²) in [6, 6.07) is 18.2. The summed E-state index contributed by atoms with van der Waals surface area (Å²) in [7, 11) is -3.78. The van der Waals surface area contributed by atoms with Crippen molar-refractivity contribution in [1.29, 1.82) is 0 Å². The molecule has 4 aromatic rings. The summed E-state index contributed by atoms with van der Waals surface area (Å²) in [5.41, 5.74) is 2.54. The zero-order chi connectivity index (χ0) is 23.3. The molecule has 0 saturated carbocycles. The van der Waals surface area contributed by atoms with Crippen LogP contribution in [0, 0.1) is 0 Å². The maximum absolute atomic E-state index is 12.6. The van der Waals surface area contributed by atoms with Crippen molar-refractivity contribution in [2.45, 2.75) is 18.2 Å². The Hall–Kier alpha value is -3.85. The minimum atomic E-state index is -3.78. The first-order valence-electron chi connectivity index (χ1n) is 10.5. The van der Waals surface area contributed by atoms with E-state index >= 15 is 0 Å². The van der Waals surface area contributed by atoms with E-state index in [2.05, 4.69) is 15.0 Å². The lowest BCUT2D eigenvalue weighted by atomic mass is 10.2. The molecule has 2 heterocycles. The normalized spacial score (nSPS) is 11.3. The second kappa shape index (κ2) is 9.74. The Bertz CT molecular complexity index is 1310. The van der Waals surface area contributed by atoms with Crippen molar-refractivity contribution in [2.24, 2.45) is 0 Å². The minimum Gasteiger partial charge on any atom is -0.494 e. The summed E-state index contributed by atoms with van der Waals surface area (Å²) >= 11 is 0. The summed E-state index contributed by atoms with van der Waals surface area (Å²) in [5, 5.41) is 2.84. The van der Waals surface area contributed by atoms with Crippen LogP contribution in [0.15, 0.2) is 84.0 Å². The van der Waals surface area contributed by atoms with Crippen LogP contribution in [0.25, 0.3) is 5.65 Å². The van der Waals surface area contributed by atoms with Crippen LogP contribution in [0.1, 0.15) is 23.0 Å². The maximum atomic E-state index is 12.6. The molecule has 2 aromatic heterocycles. The third kappa shape index (κ3) is 5.50. The van der Waals surface area contributed by atoms with Gasteiger partial charge in [0.25, 0.3) is 15.9 Å². The number of ether oxygens (including phenoxy) is 1. The Morgan fingerprint density at radius 1 is 1.03 bits per heavy atom. The van der Waals surface area contributed by atoms with Gasteiger partial charge in [0, 0.05) is 36.6 Å². The zero-order valence-electron chi connectivity index (χ0n) is 18.1. The quantitative estimate of drug-likeness (QED) is 0.395. The summed E-state index contributed by atoms with van der Waals surface area (Å²) in [4.78, 5) is 17.0. The third-order valence-electron chi connectivity index (χ3n) is 4.92. The van der Waals surface area contributed by atoms with Crippen LogP contribution in [0.4, 0.5) is 5.69 Å². The van der Waals surface area contributed by atoms with Gasteiger partial charge in [0.05, 0.1) is 17.2 Å². The van der Waals surface area contributed by atoms with Crippen molar-refractivity contribution in [3.8, 4) is 5.75 Å². The third-order valence-corrected chi connectivity index (χ3v) is 6.32. The molecule has 0 radical (unpaired) electrons. The van der Waals surface area contributed by atoms with Crippen LogP contribution in [0.5, 0.6) is 5.75 Å². The molecule has 0 saturated heterocycles. The minimum absolute atomic E-state index is 0.0673. The van der Waals surface area contributed by atoms with Gasteiger partial charge in [-0.05, 0) is 67.6 Å². The van der Waals surface area contributed by atoms with Gasteiger partial charge in [-0.1, -0.05) is 6.07 Å². The molecule has 0 aliphatic rings. The maximum Gasteiger partial charge on any atom is 0.261 e. The molecular weight excluding hydrogens is 440 g/mol. The van der Waals surface area contributed by atoms with Gasteiger partial charge in [-0.25, -0.2) is 13.4 Å². The monoisotopic (exact) mass is 464 g/mol. The molecule has 0 aliphatic heterocycles. The highest BCUT2D eigenvalue weighted by atomic mass is 32.2. The predicted octanol–water partition coefficient (Wildman–Crippen LogP) is 3.51. The molecular formula is C24H24N4O4S. The molecule has 33 heavy (non-hydrogen) atoms. The molecule has 1 amide bonds. The summed E-state index contributed by atoms with van der Waals surface area (Å²) in [5.74, 6) is 0.388. The molecule has 0 fully saturated rings. The van der Waals surface area contributed by atoms with Gasteiger partial charge in [-0.2, -0.15) is 0 Å². The van der Waals surface area contributed by atoms with Crippen molar-refractivity contribution in [1.82, 2.24) is 14.7 Å². The number of carbonyl (C=O) groups excluding carboxylic acids is 1.